The van der Waals surface area contributed by atoms with Crippen LogP contribution in [0.3, 0.4) is 0 Å². The van der Waals surface area contributed by atoms with Gasteiger partial charge >= 0.3 is 0 Å². The summed E-state index contributed by atoms with van der Waals surface area (Å²) in [5.74, 6) is 1.14. The fourth-order valence-electron chi connectivity index (χ4n) is 1.36. The molecule has 0 heterocycles. The average Bonchev–Trinajstić information content (AvgIpc) is 2.43. The predicted octanol–water partition coefficient (Wildman–Crippen LogP) is 2.21. The van der Waals surface area contributed by atoms with Crippen molar-refractivity contribution in [1.82, 2.24) is 4.72 Å². The molecular weight excluding hydrogens is 266 g/mol. The van der Waals surface area contributed by atoms with Gasteiger partial charge in [-0.25, -0.2) is 0 Å². The lowest BCUT2D eigenvalue weighted by Crippen LogP contribution is -2.12. The van der Waals surface area contributed by atoms with E-state index >= 15 is 0 Å². The van der Waals surface area contributed by atoms with E-state index < -0.39 is 0 Å². The lowest BCUT2D eigenvalue weighted by molar-refractivity contribution is -0.114. The molecule has 0 unspecified atom stereocenters. The molecule has 0 saturated heterocycles. The number of nitrogens with one attached hydrogen (secondary N) is 1. The van der Waals surface area contributed by atoms with Gasteiger partial charge in [0.2, 0.25) is 5.75 Å². The Morgan fingerprint density at radius 2 is 1.95 bits per heavy atom. The SMILES string of the molecule is CCSNC(=O)/C=C/c1cc(OC)c(O)c(OC)c1. The zero-order valence-electron chi connectivity index (χ0n) is 11.1. The van der Waals surface area contributed by atoms with Gasteiger partial charge in [-0.1, -0.05) is 18.9 Å². The minimum Gasteiger partial charge on any atom is -0.502 e. The number of phenols is 1. The van der Waals surface area contributed by atoms with Crippen LogP contribution in [0.25, 0.3) is 6.08 Å². The maximum absolute atomic E-state index is 11.4. The first kappa shape index (κ1) is 15.2. The number of hydrogen-bond donors (Lipinski definition) is 2. The molecule has 0 aliphatic heterocycles. The first-order valence-corrected chi connectivity index (χ1v) is 6.65. The Kier molecular flexibility index (Phi) is 6.08. The molecule has 1 aromatic carbocycles. The number of carbonyl (C=O) groups excluding carboxylic acids is 1. The highest BCUT2D eigenvalue weighted by atomic mass is 32.2. The monoisotopic (exact) mass is 283 g/mol. The summed E-state index contributed by atoms with van der Waals surface area (Å²) in [5, 5.41) is 9.75. The summed E-state index contributed by atoms with van der Waals surface area (Å²) in [6.45, 7) is 1.95. The van der Waals surface area contributed by atoms with E-state index in [4.69, 9.17) is 9.47 Å². The molecule has 2 N–H and O–H groups in total. The van der Waals surface area contributed by atoms with E-state index in [2.05, 4.69) is 4.72 Å². The van der Waals surface area contributed by atoms with Crippen molar-refractivity contribution < 1.29 is 19.4 Å². The highest BCUT2D eigenvalue weighted by Crippen LogP contribution is 2.37. The van der Waals surface area contributed by atoms with Gasteiger partial charge in [0.25, 0.3) is 5.91 Å². The number of ether oxygens (including phenoxy) is 2. The Morgan fingerprint density at radius 1 is 1.37 bits per heavy atom. The van der Waals surface area contributed by atoms with Crippen LogP contribution in [0.15, 0.2) is 18.2 Å². The fraction of sp³-hybridized carbons (Fsp3) is 0.308. The van der Waals surface area contributed by atoms with Gasteiger partial charge in [0.15, 0.2) is 11.5 Å². The lowest BCUT2D eigenvalue weighted by atomic mass is 10.1. The minimum absolute atomic E-state index is 0.0619. The van der Waals surface area contributed by atoms with Gasteiger partial charge in [-0.2, -0.15) is 0 Å². The quantitative estimate of drug-likeness (QED) is 0.619. The molecule has 0 saturated carbocycles. The number of benzene rings is 1. The number of hydrogen-bond acceptors (Lipinski definition) is 5. The van der Waals surface area contributed by atoms with Crippen molar-refractivity contribution in [3.05, 3.63) is 23.8 Å². The van der Waals surface area contributed by atoms with Crippen LogP contribution in [-0.2, 0) is 4.79 Å². The fourth-order valence-corrected chi connectivity index (χ4v) is 1.71. The van der Waals surface area contributed by atoms with Gasteiger partial charge in [-0.15, -0.1) is 0 Å². The molecule has 5 nitrogen and oxygen atoms in total. The molecule has 0 bridgehead atoms. The lowest BCUT2D eigenvalue weighted by Gasteiger charge is -2.09. The summed E-state index contributed by atoms with van der Waals surface area (Å²) in [4.78, 5) is 11.4. The van der Waals surface area contributed by atoms with Crippen LogP contribution >= 0.6 is 11.9 Å². The van der Waals surface area contributed by atoms with Crippen LogP contribution in [0, 0.1) is 0 Å². The zero-order chi connectivity index (χ0) is 14.3. The second-order valence-electron chi connectivity index (χ2n) is 3.51. The molecule has 0 aliphatic carbocycles. The Hall–Kier alpha value is -1.82. The highest BCUT2D eigenvalue weighted by molar-refractivity contribution is 7.97. The summed E-state index contributed by atoms with van der Waals surface area (Å²) in [5.41, 5.74) is 0.697. The van der Waals surface area contributed by atoms with E-state index in [0.717, 1.165) is 5.75 Å². The average molecular weight is 283 g/mol. The second kappa shape index (κ2) is 7.58. The van der Waals surface area contributed by atoms with Crippen molar-refractivity contribution in [3.63, 3.8) is 0 Å². The number of methoxy groups -OCH3 is 2. The van der Waals surface area contributed by atoms with Crippen LogP contribution in [0.2, 0.25) is 0 Å². The van der Waals surface area contributed by atoms with Gasteiger partial charge in [0.1, 0.15) is 0 Å². The largest absolute Gasteiger partial charge is 0.502 e. The first-order valence-electron chi connectivity index (χ1n) is 5.67. The summed E-state index contributed by atoms with van der Waals surface area (Å²) in [6.07, 6.45) is 3.03. The molecule has 19 heavy (non-hydrogen) atoms. The van der Waals surface area contributed by atoms with E-state index in [1.807, 2.05) is 6.92 Å². The van der Waals surface area contributed by atoms with Crippen molar-refractivity contribution in [3.8, 4) is 17.2 Å². The van der Waals surface area contributed by atoms with E-state index in [9.17, 15) is 9.90 Å². The van der Waals surface area contributed by atoms with Crippen LogP contribution in [0.5, 0.6) is 17.2 Å². The number of rotatable bonds is 6. The zero-order valence-corrected chi connectivity index (χ0v) is 11.9. The number of carbonyl (C=O) groups is 1. The molecule has 0 spiro atoms. The third kappa shape index (κ3) is 4.40. The maximum Gasteiger partial charge on any atom is 0.253 e. The minimum atomic E-state index is -0.196. The highest BCUT2D eigenvalue weighted by Gasteiger charge is 2.09. The van der Waals surface area contributed by atoms with E-state index in [1.165, 1.54) is 32.2 Å². The summed E-state index contributed by atoms with van der Waals surface area (Å²) in [7, 11) is 2.90. The molecule has 104 valence electrons. The standard InChI is InChI=1S/C13H17NO4S/c1-4-19-14-12(15)6-5-9-7-10(17-2)13(16)11(8-9)18-3/h5-8,16H,4H2,1-3H3,(H,14,15)/b6-5+. The summed E-state index contributed by atoms with van der Waals surface area (Å²) in [6, 6.07) is 3.24. The maximum atomic E-state index is 11.4. The second-order valence-corrected chi connectivity index (χ2v) is 4.58. The molecule has 6 heteroatoms. The Morgan fingerprint density at radius 3 is 2.42 bits per heavy atom. The summed E-state index contributed by atoms with van der Waals surface area (Å²) < 4.78 is 12.7. The Balaban J connectivity index is 2.89. The smallest absolute Gasteiger partial charge is 0.253 e. The molecule has 0 aromatic heterocycles. The number of phenolic OH excluding ortho intramolecular Hbond substituents is 1. The third-order valence-electron chi connectivity index (χ3n) is 2.25. The van der Waals surface area contributed by atoms with Gasteiger partial charge in [0, 0.05) is 11.8 Å². The molecular formula is C13H17NO4S. The summed E-state index contributed by atoms with van der Waals surface area (Å²) >= 11 is 1.33. The first-order chi connectivity index (χ1) is 9.12. The van der Waals surface area contributed by atoms with Crippen molar-refractivity contribution in [1.29, 1.82) is 0 Å². The topological polar surface area (TPSA) is 67.8 Å². The van der Waals surface area contributed by atoms with Gasteiger partial charge in [-0.3, -0.25) is 9.52 Å². The molecule has 1 aromatic rings. The van der Waals surface area contributed by atoms with Gasteiger partial charge in [0.05, 0.1) is 14.2 Å². The third-order valence-corrected chi connectivity index (χ3v) is 2.88. The van der Waals surface area contributed by atoms with Crippen molar-refractivity contribution in [2.45, 2.75) is 6.92 Å². The van der Waals surface area contributed by atoms with E-state index in [-0.39, 0.29) is 11.7 Å². The number of aromatic hydroxyl groups is 1. The van der Waals surface area contributed by atoms with Crippen molar-refractivity contribution in [2.75, 3.05) is 20.0 Å². The molecule has 0 radical (unpaired) electrons. The van der Waals surface area contributed by atoms with Gasteiger partial charge in [-0.05, 0) is 23.8 Å². The molecule has 0 fully saturated rings. The molecule has 1 rings (SSSR count). The molecule has 0 aliphatic rings. The Labute approximate surface area is 116 Å². The van der Waals surface area contributed by atoms with Crippen LogP contribution in [0.1, 0.15) is 12.5 Å². The molecule has 0 atom stereocenters. The van der Waals surface area contributed by atoms with Gasteiger partial charge < -0.3 is 14.6 Å². The van der Waals surface area contributed by atoms with Crippen LogP contribution < -0.4 is 14.2 Å². The van der Waals surface area contributed by atoms with Crippen molar-refractivity contribution >= 4 is 23.9 Å². The van der Waals surface area contributed by atoms with E-state index in [0.29, 0.717) is 17.1 Å². The molecule has 1 amide bonds. The van der Waals surface area contributed by atoms with Crippen molar-refractivity contribution in [2.24, 2.45) is 0 Å². The number of amides is 1. The Bertz CT molecular complexity index is 449. The van der Waals surface area contributed by atoms with E-state index in [1.54, 1.807) is 18.2 Å². The van der Waals surface area contributed by atoms with Crippen LogP contribution in [0.4, 0.5) is 0 Å². The van der Waals surface area contributed by atoms with Crippen LogP contribution in [-0.4, -0.2) is 31.0 Å². The normalized spacial score (nSPS) is 10.5. The predicted molar refractivity (Wildman–Crippen MR) is 76.5 cm³/mol.